The zero-order chi connectivity index (χ0) is 56.4. The standard InChI is InChI=1S/C72H124O6/c1-4-7-10-13-16-19-22-25-28-30-31-32-33-34-35-36-37-38-39-40-41-43-44-47-50-53-56-59-62-65-71(74)77-68-69(67-76-70(73)64-61-58-55-52-49-46-27-24-21-18-15-12-9-6-3)78-72(75)66-63-60-57-54-51-48-45-42-29-26-23-20-17-14-11-8-5-2/h8,11,15,17-18,20,24,26-27,29-31,45,48,54,57,69H,4-7,9-10,12-14,16,19,21-23,25,28,32-44,46-47,49-53,55-56,58-68H2,1-3H3/b11-8-,18-15-,20-17-,27-24-,29-26-,31-30-,48-45-,57-54-. The minimum atomic E-state index is -0.814. The van der Waals surface area contributed by atoms with E-state index in [-0.39, 0.29) is 37.5 Å². The highest BCUT2D eigenvalue weighted by atomic mass is 16.6. The summed E-state index contributed by atoms with van der Waals surface area (Å²) in [6.45, 7) is 6.45. The highest BCUT2D eigenvalue weighted by molar-refractivity contribution is 5.71. The Bertz CT molecular complexity index is 1530. The van der Waals surface area contributed by atoms with Gasteiger partial charge in [0.25, 0.3) is 0 Å². The van der Waals surface area contributed by atoms with Gasteiger partial charge in [-0.2, -0.15) is 0 Å². The van der Waals surface area contributed by atoms with E-state index in [1.54, 1.807) is 0 Å². The summed E-state index contributed by atoms with van der Waals surface area (Å²) in [6.07, 6.45) is 88.7. The molecule has 0 saturated carbocycles. The third-order valence-corrected chi connectivity index (χ3v) is 14.3. The Labute approximate surface area is 483 Å². The number of carbonyl (C=O) groups excluding carboxylic acids is 3. The van der Waals surface area contributed by atoms with Crippen LogP contribution in [0.25, 0.3) is 0 Å². The first kappa shape index (κ1) is 74.3. The summed E-state index contributed by atoms with van der Waals surface area (Å²) in [5.74, 6) is -0.967. The normalized spacial score (nSPS) is 12.7. The van der Waals surface area contributed by atoms with Gasteiger partial charge in [-0.15, -0.1) is 0 Å². The van der Waals surface area contributed by atoms with Crippen LogP contribution in [0.3, 0.4) is 0 Å². The van der Waals surface area contributed by atoms with Crippen molar-refractivity contribution in [3.8, 4) is 0 Å². The number of allylic oxidation sites excluding steroid dienone is 16. The quantitative estimate of drug-likeness (QED) is 0.0261. The first-order valence-electron chi connectivity index (χ1n) is 33.2. The van der Waals surface area contributed by atoms with Crippen molar-refractivity contribution in [2.24, 2.45) is 0 Å². The smallest absolute Gasteiger partial charge is 0.306 e. The van der Waals surface area contributed by atoms with Gasteiger partial charge in [0.15, 0.2) is 6.10 Å². The van der Waals surface area contributed by atoms with Crippen molar-refractivity contribution < 1.29 is 28.6 Å². The molecule has 0 aliphatic heterocycles. The minimum Gasteiger partial charge on any atom is -0.462 e. The Morgan fingerprint density at radius 3 is 0.872 bits per heavy atom. The Balaban J connectivity index is 4.29. The van der Waals surface area contributed by atoms with Gasteiger partial charge in [0.1, 0.15) is 13.2 Å². The van der Waals surface area contributed by atoms with Crippen molar-refractivity contribution in [2.45, 2.75) is 329 Å². The number of hydrogen-bond acceptors (Lipinski definition) is 6. The number of rotatable bonds is 60. The Morgan fingerprint density at radius 1 is 0.269 bits per heavy atom. The highest BCUT2D eigenvalue weighted by Crippen LogP contribution is 2.17. The number of esters is 3. The number of ether oxygens (including phenoxy) is 3. The maximum atomic E-state index is 12.9. The second-order valence-electron chi connectivity index (χ2n) is 22.0. The van der Waals surface area contributed by atoms with Gasteiger partial charge in [-0.25, -0.2) is 0 Å². The van der Waals surface area contributed by atoms with Gasteiger partial charge < -0.3 is 14.2 Å². The second-order valence-corrected chi connectivity index (χ2v) is 22.0. The van der Waals surface area contributed by atoms with Crippen molar-refractivity contribution in [3.63, 3.8) is 0 Å². The first-order chi connectivity index (χ1) is 38.5. The Kier molecular flexibility index (Phi) is 62.7. The number of hydrogen-bond donors (Lipinski definition) is 0. The molecule has 0 amide bonds. The summed E-state index contributed by atoms with van der Waals surface area (Å²) in [7, 11) is 0. The Hall–Kier alpha value is -3.67. The maximum Gasteiger partial charge on any atom is 0.306 e. The predicted molar refractivity (Wildman–Crippen MR) is 339 cm³/mol. The fourth-order valence-electron chi connectivity index (χ4n) is 9.32. The topological polar surface area (TPSA) is 78.9 Å². The van der Waals surface area contributed by atoms with Crippen LogP contribution in [0, 0.1) is 0 Å². The minimum absolute atomic E-state index is 0.103. The van der Waals surface area contributed by atoms with Crippen molar-refractivity contribution in [3.05, 3.63) is 97.2 Å². The van der Waals surface area contributed by atoms with E-state index in [4.69, 9.17) is 14.2 Å². The van der Waals surface area contributed by atoms with Crippen LogP contribution < -0.4 is 0 Å². The highest BCUT2D eigenvalue weighted by Gasteiger charge is 2.19. The van der Waals surface area contributed by atoms with Crippen LogP contribution in [-0.4, -0.2) is 37.2 Å². The molecule has 0 saturated heterocycles. The molecule has 0 heterocycles. The average Bonchev–Trinajstić information content (AvgIpc) is 3.44. The van der Waals surface area contributed by atoms with Gasteiger partial charge >= 0.3 is 17.9 Å². The van der Waals surface area contributed by atoms with Crippen molar-refractivity contribution in [1.82, 2.24) is 0 Å². The molecule has 0 spiro atoms. The molecule has 0 aromatic carbocycles. The van der Waals surface area contributed by atoms with Gasteiger partial charge in [-0.3, -0.25) is 14.4 Å². The molecule has 1 unspecified atom stereocenters. The van der Waals surface area contributed by atoms with Gasteiger partial charge in [0, 0.05) is 19.3 Å². The van der Waals surface area contributed by atoms with E-state index < -0.39 is 6.10 Å². The lowest BCUT2D eigenvalue weighted by molar-refractivity contribution is -0.167. The third kappa shape index (κ3) is 63.2. The number of carbonyl (C=O) groups is 3. The van der Waals surface area contributed by atoms with Crippen LogP contribution in [0.4, 0.5) is 0 Å². The van der Waals surface area contributed by atoms with Crippen LogP contribution in [-0.2, 0) is 28.6 Å². The summed E-state index contributed by atoms with van der Waals surface area (Å²) < 4.78 is 16.9. The van der Waals surface area contributed by atoms with E-state index in [2.05, 4.69) is 118 Å². The first-order valence-corrected chi connectivity index (χ1v) is 33.2. The zero-order valence-electron chi connectivity index (χ0n) is 51.4. The van der Waals surface area contributed by atoms with E-state index in [0.29, 0.717) is 19.3 Å². The molecule has 0 bridgehead atoms. The monoisotopic (exact) mass is 1080 g/mol. The molecule has 78 heavy (non-hydrogen) atoms. The molecule has 0 N–H and O–H groups in total. The molecule has 6 nitrogen and oxygen atoms in total. The fraction of sp³-hybridized carbons (Fsp3) is 0.736. The molecule has 0 fully saturated rings. The molecule has 0 aromatic heterocycles. The van der Waals surface area contributed by atoms with E-state index in [9.17, 15) is 14.4 Å². The van der Waals surface area contributed by atoms with E-state index in [1.165, 1.54) is 173 Å². The molecule has 0 aliphatic carbocycles. The molecule has 6 heteroatoms. The van der Waals surface area contributed by atoms with Crippen LogP contribution in [0.2, 0.25) is 0 Å². The van der Waals surface area contributed by atoms with Gasteiger partial charge in [0.2, 0.25) is 0 Å². The second kappa shape index (κ2) is 65.8. The molecule has 1 atom stereocenters. The van der Waals surface area contributed by atoms with Crippen LogP contribution >= 0.6 is 0 Å². The fourth-order valence-corrected chi connectivity index (χ4v) is 9.32. The van der Waals surface area contributed by atoms with Gasteiger partial charge in [0.05, 0.1) is 0 Å². The van der Waals surface area contributed by atoms with E-state index in [0.717, 1.165) is 103 Å². The molecule has 0 rings (SSSR count). The average molecular weight is 1090 g/mol. The molecular weight excluding hydrogens is 961 g/mol. The van der Waals surface area contributed by atoms with Gasteiger partial charge in [-0.1, -0.05) is 291 Å². The van der Waals surface area contributed by atoms with Gasteiger partial charge in [-0.05, 0) is 109 Å². The van der Waals surface area contributed by atoms with E-state index >= 15 is 0 Å². The Morgan fingerprint density at radius 2 is 0.526 bits per heavy atom. The summed E-state index contributed by atoms with van der Waals surface area (Å²) in [5.41, 5.74) is 0. The zero-order valence-corrected chi connectivity index (χ0v) is 51.4. The number of unbranched alkanes of at least 4 members (excludes halogenated alkanes) is 33. The SMILES string of the molecule is CC/C=C\C/C=C\C/C=C\C/C=C\C/C=C\CCCC(=O)OC(COC(=O)CCCCCCC/C=C\C/C=C\CCCC)COC(=O)CCCCCCCCCCCCCCCCCCC/C=C\CCCCCCCCCC. The molecule has 0 radical (unpaired) electrons. The van der Waals surface area contributed by atoms with E-state index in [1.807, 2.05) is 0 Å². The molecule has 0 aromatic rings. The van der Waals surface area contributed by atoms with Crippen LogP contribution in [0.5, 0.6) is 0 Å². The van der Waals surface area contributed by atoms with Crippen molar-refractivity contribution >= 4 is 17.9 Å². The molecule has 448 valence electrons. The van der Waals surface area contributed by atoms with Crippen LogP contribution in [0.1, 0.15) is 323 Å². The summed E-state index contributed by atoms with van der Waals surface area (Å²) >= 11 is 0. The maximum absolute atomic E-state index is 12.9. The predicted octanol–water partition coefficient (Wildman–Crippen LogP) is 22.8. The molecule has 0 aliphatic rings. The lowest BCUT2D eigenvalue weighted by atomic mass is 10.0. The third-order valence-electron chi connectivity index (χ3n) is 14.3. The summed E-state index contributed by atoms with van der Waals surface area (Å²) in [4.78, 5) is 38.3. The van der Waals surface area contributed by atoms with Crippen molar-refractivity contribution in [1.29, 1.82) is 0 Å². The largest absolute Gasteiger partial charge is 0.462 e. The molecular formula is C72H124O6. The lowest BCUT2D eigenvalue weighted by Crippen LogP contribution is -2.30. The lowest BCUT2D eigenvalue weighted by Gasteiger charge is -2.18. The van der Waals surface area contributed by atoms with Crippen molar-refractivity contribution in [2.75, 3.05) is 13.2 Å². The van der Waals surface area contributed by atoms with Crippen LogP contribution in [0.15, 0.2) is 97.2 Å². The summed E-state index contributed by atoms with van der Waals surface area (Å²) in [6, 6.07) is 0. The summed E-state index contributed by atoms with van der Waals surface area (Å²) in [5, 5.41) is 0.